The molecule has 0 amide bonds. The van der Waals surface area contributed by atoms with Crippen LogP contribution in [0.5, 0.6) is 0 Å². The second-order valence-electron chi connectivity index (χ2n) is 7.46. The number of nitrogens with zero attached hydrogens (tertiary/aromatic N) is 1. The molecule has 20 heavy (non-hydrogen) atoms. The van der Waals surface area contributed by atoms with Crippen LogP contribution in [0.25, 0.3) is 0 Å². The molecular weight excluding hydrogens is 252 g/mol. The predicted molar refractivity (Wildman–Crippen MR) is 84.2 cm³/mol. The zero-order chi connectivity index (χ0) is 15.2. The third kappa shape index (κ3) is 6.08. The quantitative estimate of drug-likeness (QED) is 0.741. The Morgan fingerprint density at radius 2 is 2.05 bits per heavy atom. The molecule has 0 bridgehead atoms. The van der Waals surface area contributed by atoms with Crippen molar-refractivity contribution in [1.29, 1.82) is 0 Å². The van der Waals surface area contributed by atoms with E-state index in [4.69, 9.17) is 9.47 Å². The van der Waals surface area contributed by atoms with Crippen LogP contribution in [0.3, 0.4) is 0 Å². The molecule has 1 saturated heterocycles. The van der Waals surface area contributed by atoms with Crippen molar-refractivity contribution in [2.75, 3.05) is 46.6 Å². The fourth-order valence-corrected chi connectivity index (χ4v) is 2.58. The molecule has 1 unspecified atom stereocenters. The van der Waals surface area contributed by atoms with Gasteiger partial charge in [0.2, 0.25) is 0 Å². The van der Waals surface area contributed by atoms with E-state index in [-0.39, 0.29) is 11.0 Å². The van der Waals surface area contributed by atoms with Gasteiger partial charge in [0.15, 0.2) is 0 Å². The second-order valence-corrected chi connectivity index (χ2v) is 7.46. The van der Waals surface area contributed by atoms with Crippen molar-refractivity contribution in [3.63, 3.8) is 0 Å². The third-order valence-corrected chi connectivity index (χ3v) is 4.03. The zero-order valence-corrected chi connectivity index (χ0v) is 14.3. The van der Waals surface area contributed by atoms with Crippen LogP contribution in [0.15, 0.2) is 0 Å². The zero-order valence-electron chi connectivity index (χ0n) is 14.3. The summed E-state index contributed by atoms with van der Waals surface area (Å²) in [6.07, 6.45) is 1.15. The van der Waals surface area contributed by atoms with E-state index in [9.17, 15) is 0 Å². The van der Waals surface area contributed by atoms with Gasteiger partial charge in [-0.25, -0.2) is 0 Å². The maximum atomic E-state index is 5.71. The molecule has 1 rings (SSSR count). The molecule has 4 nitrogen and oxygen atoms in total. The van der Waals surface area contributed by atoms with Gasteiger partial charge in [-0.05, 0) is 41.0 Å². The summed E-state index contributed by atoms with van der Waals surface area (Å²) in [5.41, 5.74) is 0.399. The molecule has 1 fully saturated rings. The van der Waals surface area contributed by atoms with Crippen LogP contribution in [-0.2, 0) is 9.47 Å². The van der Waals surface area contributed by atoms with Crippen LogP contribution in [0, 0.1) is 5.41 Å². The van der Waals surface area contributed by atoms with Crippen LogP contribution < -0.4 is 5.32 Å². The van der Waals surface area contributed by atoms with Gasteiger partial charge in [-0.2, -0.15) is 0 Å². The Bertz CT molecular complexity index is 268. The minimum atomic E-state index is 0.158. The highest BCUT2D eigenvalue weighted by Gasteiger charge is 2.37. The van der Waals surface area contributed by atoms with Crippen molar-refractivity contribution >= 4 is 0 Å². The summed E-state index contributed by atoms with van der Waals surface area (Å²) < 4.78 is 11.0. The second kappa shape index (κ2) is 7.74. The average Bonchev–Trinajstić information content (AvgIpc) is 2.80. The number of ether oxygens (including phenoxy) is 2. The fourth-order valence-electron chi connectivity index (χ4n) is 2.58. The van der Waals surface area contributed by atoms with E-state index in [0.29, 0.717) is 6.04 Å². The summed E-state index contributed by atoms with van der Waals surface area (Å²) in [6, 6.07) is 0.539. The lowest BCUT2D eigenvalue weighted by Crippen LogP contribution is -2.51. The Labute approximate surface area is 125 Å². The number of rotatable bonds is 8. The molecule has 1 N–H and O–H groups in total. The predicted octanol–water partition coefficient (Wildman–Crippen LogP) is 2.14. The van der Waals surface area contributed by atoms with Crippen molar-refractivity contribution in [2.45, 2.75) is 52.6 Å². The number of hydrogen-bond acceptors (Lipinski definition) is 4. The maximum absolute atomic E-state index is 5.71. The largest absolute Gasteiger partial charge is 0.383 e. The summed E-state index contributed by atoms with van der Waals surface area (Å²) in [5.74, 6) is 0. The van der Waals surface area contributed by atoms with Crippen molar-refractivity contribution in [2.24, 2.45) is 5.41 Å². The molecule has 120 valence electrons. The highest BCUT2D eigenvalue weighted by molar-refractivity contribution is 4.91. The van der Waals surface area contributed by atoms with Gasteiger partial charge in [0.05, 0.1) is 13.2 Å². The Balaban J connectivity index is 2.63. The van der Waals surface area contributed by atoms with E-state index >= 15 is 0 Å². The van der Waals surface area contributed by atoms with E-state index < -0.39 is 0 Å². The van der Waals surface area contributed by atoms with Gasteiger partial charge in [-0.15, -0.1) is 0 Å². The average molecular weight is 286 g/mol. The van der Waals surface area contributed by atoms with Crippen LogP contribution in [0.4, 0.5) is 0 Å². The van der Waals surface area contributed by atoms with Crippen LogP contribution in [-0.4, -0.2) is 63.0 Å². The third-order valence-electron chi connectivity index (χ3n) is 4.03. The number of methoxy groups -OCH3 is 1. The Morgan fingerprint density at radius 1 is 1.35 bits per heavy atom. The fraction of sp³-hybridized carbons (Fsp3) is 1.00. The molecule has 1 aliphatic rings. The van der Waals surface area contributed by atoms with Gasteiger partial charge in [-0.1, -0.05) is 0 Å². The summed E-state index contributed by atoms with van der Waals surface area (Å²) in [7, 11) is 1.77. The SMILES string of the molecule is COCCN(CC1(CNC(C)(C)C)CCOC1)C(C)C. The summed E-state index contributed by atoms with van der Waals surface area (Å²) >= 11 is 0. The van der Waals surface area contributed by atoms with E-state index in [1.54, 1.807) is 7.11 Å². The first kappa shape index (κ1) is 17.9. The van der Waals surface area contributed by atoms with E-state index in [0.717, 1.165) is 45.9 Å². The van der Waals surface area contributed by atoms with Crippen LogP contribution in [0.2, 0.25) is 0 Å². The first-order valence-electron chi connectivity index (χ1n) is 7.84. The lowest BCUT2D eigenvalue weighted by Gasteiger charge is -2.38. The van der Waals surface area contributed by atoms with Gasteiger partial charge in [0.25, 0.3) is 0 Å². The molecule has 0 aromatic carbocycles. The van der Waals surface area contributed by atoms with Crippen molar-refractivity contribution in [3.05, 3.63) is 0 Å². The normalized spacial score (nSPS) is 24.0. The molecular formula is C16H34N2O2. The molecule has 0 saturated carbocycles. The van der Waals surface area contributed by atoms with E-state index in [2.05, 4.69) is 44.8 Å². The van der Waals surface area contributed by atoms with Gasteiger partial charge >= 0.3 is 0 Å². The minimum absolute atomic E-state index is 0.158. The van der Waals surface area contributed by atoms with Gasteiger partial charge in [0.1, 0.15) is 0 Å². The summed E-state index contributed by atoms with van der Waals surface area (Å²) in [6.45, 7) is 16.8. The monoisotopic (exact) mass is 286 g/mol. The maximum Gasteiger partial charge on any atom is 0.0589 e. The van der Waals surface area contributed by atoms with Gasteiger partial charge in [-0.3, -0.25) is 4.90 Å². The molecule has 0 radical (unpaired) electrons. The standard InChI is InChI=1S/C16H34N2O2/c1-14(2)18(8-10-19-6)12-16(7-9-20-13-16)11-17-15(3,4)5/h14,17H,7-13H2,1-6H3. The molecule has 1 heterocycles. The molecule has 0 aliphatic carbocycles. The van der Waals surface area contributed by atoms with E-state index in [1.165, 1.54) is 0 Å². The number of nitrogens with one attached hydrogen (secondary N) is 1. The first-order chi connectivity index (χ1) is 9.28. The van der Waals surface area contributed by atoms with E-state index in [1.807, 2.05) is 0 Å². The first-order valence-corrected chi connectivity index (χ1v) is 7.84. The van der Waals surface area contributed by atoms with Crippen molar-refractivity contribution < 1.29 is 9.47 Å². The molecule has 0 spiro atoms. The smallest absolute Gasteiger partial charge is 0.0589 e. The van der Waals surface area contributed by atoms with Gasteiger partial charge in [0, 0.05) is 50.3 Å². The molecule has 1 atom stereocenters. The Hall–Kier alpha value is -0.160. The lowest BCUT2D eigenvalue weighted by molar-refractivity contribution is 0.0675. The number of hydrogen-bond donors (Lipinski definition) is 1. The topological polar surface area (TPSA) is 33.7 Å². The molecule has 4 heteroatoms. The van der Waals surface area contributed by atoms with Crippen molar-refractivity contribution in [1.82, 2.24) is 10.2 Å². The highest BCUT2D eigenvalue weighted by atomic mass is 16.5. The molecule has 0 aromatic rings. The van der Waals surface area contributed by atoms with Crippen molar-refractivity contribution in [3.8, 4) is 0 Å². The highest BCUT2D eigenvalue weighted by Crippen LogP contribution is 2.30. The Kier molecular flexibility index (Phi) is 6.92. The van der Waals surface area contributed by atoms with Crippen LogP contribution >= 0.6 is 0 Å². The Morgan fingerprint density at radius 3 is 2.50 bits per heavy atom. The lowest BCUT2D eigenvalue weighted by atomic mass is 9.85. The molecule has 0 aromatic heterocycles. The minimum Gasteiger partial charge on any atom is -0.383 e. The molecule has 1 aliphatic heterocycles. The van der Waals surface area contributed by atoms with Crippen LogP contribution in [0.1, 0.15) is 41.0 Å². The summed E-state index contributed by atoms with van der Waals surface area (Å²) in [4.78, 5) is 2.52. The summed E-state index contributed by atoms with van der Waals surface area (Å²) in [5, 5.41) is 3.67. The van der Waals surface area contributed by atoms with Gasteiger partial charge < -0.3 is 14.8 Å².